The van der Waals surface area contributed by atoms with Gasteiger partial charge in [-0.3, -0.25) is 15.0 Å². The minimum Gasteiger partial charge on any atom is -0.486 e. The molecule has 2 aliphatic rings. The van der Waals surface area contributed by atoms with Crippen LogP contribution in [0.25, 0.3) is 0 Å². The second-order valence-electron chi connectivity index (χ2n) is 7.01. The second-order valence-corrected chi connectivity index (χ2v) is 7.01. The zero-order valence-electron chi connectivity index (χ0n) is 15.4. The van der Waals surface area contributed by atoms with E-state index in [0.717, 1.165) is 42.7 Å². The summed E-state index contributed by atoms with van der Waals surface area (Å²) in [6.45, 7) is 3.46. The van der Waals surface area contributed by atoms with Crippen LogP contribution in [0.15, 0.2) is 18.2 Å². The number of nitrogens with one attached hydrogen (secondary N) is 2. The number of urea groups is 1. The Morgan fingerprint density at radius 3 is 2.62 bits per heavy atom. The summed E-state index contributed by atoms with van der Waals surface area (Å²) in [6.07, 6.45) is 4.24. The number of nitrogens with zero attached hydrogens (tertiary/aromatic N) is 1. The molecule has 1 aliphatic heterocycles. The minimum atomic E-state index is -0.433. The Labute approximate surface area is 154 Å². The van der Waals surface area contributed by atoms with E-state index >= 15 is 0 Å². The average Bonchev–Trinajstić information content (AvgIpc) is 3.13. The zero-order valence-corrected chi connectivity index (χ0v) is 15.4. The number of fused-ring (bicyclic) bond motifs is 1. The number of rotatable bonds is 5. The van der Waals surface area contributed by atoms with E-state index in [0.29, 0.717) is 19.8 Å². The first kappa shape index (κ1) is 18.5. The van der Waals surface area contributed by atoms with Crippen LogP contribution in [0.2, 0.25) is 0 Å². The summed E-state index contributed by atoms with van der Waals surface area (Å²) in [4.78, 5) is 26.2. The van der Waals surface area contributed by atoms with Crippen molar-refractivity contribution in [2.24, 2.45) is 0 Å². The van der Waals surface area contributed by atoms with Crippen molar-refractivity contribution >= 4 is 11.9 Å². The second kappa shape index (κ2) is 8.40. The lowest BCUT2D eigenvalue weighted by molar-refractivity contribution is -0.124. The first-order chi connectivity index (χ1) is 12.5. The number of amides is 3. The van der Waals surface area contributed by atoms with E-state index in [9.17, 15) is 9.59 Å². The van der Waals surface area contributed by atoms with Crippen LogP contribution in [-0.2, 0) is 11.3 Å². The average molecular weight is 361 g/mol. The molecule has 1 aromatic carbocycles. The Morgan fingerprint density at radius 2 is 1.88 bits per heavy atom. The lowest BCUT2D eigenvalue weighted by atomic mass is 10.1. The van der Waals surface area contributed by atoms with E-state index in [1.54, 1.807) is 6.92 Å². The molecule has 1 aromatic rings. The van der Waals surface area contributed by atoms with Gasteiger partial charge in [0.25, 0.3) is 0 Å². The highest BCUT2D eigenvalue weighted by molar-refractivity contribution is 5.96. The van der Waals surface area contributed by atoms with Crippen LogP contribution in [0.3, 0.4) is 0 Å². The summed E-state index contributed by atoms with van der Waals surface area (Å²) in [5, 5.41) is 5.32. The van der Waals surface area contributed by atoms with E-state index in [-0.39, 0.29) is 11.9 Å². The highest BCUT2D eigenvalue weighted by Gasteiger charge is 2.23. The minimum absolute atomic E-state index is 0.188. The van der Waals surface area contributed by atoms with Crippen molar-refractivity contribution in [3.63, 3.8) is 0 Å². The SMILES string of the molecule is CC(C(=O)NC(=O)NC1CCCC1)N(C)Cc1ccc2c(c1)OCCO2. The van der Waals surface area contributed by atoms with Gasteiger partial charge in [0.15, 0.2) is 11.5 Å². The monoisotopic (exact) mass is 361 g/mol. The van der Waals surface area contributed by atoms with Crippen LogP contribution in [0.1, 0.15) is 38.2 Å². The molecule has 1 fully saturated rings. The fourth-order valence-corrected chi connectivity index (χ4v) is 3.32. The Bertz CT molecular complexity index is 658. The van der Waals surface area contributed by atoms with Crippen LogP contribution >= 0.6 is 0 Å². The van der Waals surface area contributed by atoms with E-state index in [4.69, 9.17) is 9.47 Å². The predicted molar refractivity (Wildman–Crippen MR) is 97.3 cm³/mol. The first-order valence-electron chi connectivity index (χ1n) is 9.23. The molecule has 0 saturated heterocycles. The van der Waals surface area contributed by atoms with Gasteiger partial charge in [-0.2, -0.15) is 0 Å². The summed E-state index contributed by atoms with van der Waals surface area (Å²) in [6, 6.07) is 5.13. The molecule has 0 spiro atoms. The summed E-state index contributed by atoms with van der Waals surface area (Å²) in [7, 11) is 1.86. The largest absolute Gasteiger partial charge is 0.486 e. The third kappa shape index (κ3) is 4.66. The molecular weight excluding hydrogens is 334 g/mol. The van der Waals surface area contributed by atoms with Gasteiger partial charge in [-0.05, 0) is 44.5 Å². The number of hydrogen-bond acceptors (Lipinski definition) is 5. The van der Waals surface area contributed by atoms with Gasteiger partial charge in [-0.1, -0.05) is 18.9 Å². The molecule has 1 unspecified atom stereocenters. The highest BCUT2D eigenvalue weighted by atomic mass is 16.6. The number of hydrogen-bond donors (Lipinski definition) is 2. The number of carbonyl (C=O) groups excluding carboxylic acids is 2. The van der Waals surface area contributed by atoms with E-state index in [2.05, 4.69) is 10.6 Å². The molecule has 26 heavy (non-hydrogen) atoms. The fraction of sp³-hybridized carbons (Fsp3) is 0.579. The maximum Gasteiger partial charge on any atom is 0.321 e. The topological polar surface area (TPSA) is 79.9 Å². The molecule has 1 atom stereocenters. The van der Waals surface area contributed by atoms with Gasteiger partial charge in [0.1, 0.15) is 13.2 Å². The molecular formula is C19H27N3O4. The first-order valence-corrected chi connectivity index (χ1v) is 9.23. The van der Waals surface area contributed by atoms with Crippen molar-refractivity contribution < 1.29 is 19.1 Å². The number of benzene rings is 1. The van der Waals surface area contributed by atoms with E-state index in [1.807, 2.05) is 30.1 Å². The number of ether oxygens (including phenoxy) is 2. The molecule has 1 heterocycles. The molecule has 0 radical (unpaired) electrons. The lowest BCUT2D eigenvalue weighted by Gasteiger charge is -2.25. The lowest BCUT2D eigenvalue weighted by Crippen LogP contribution is -2.50. The summed E-state index contributed by atoms with van der Waals surface area (Å²) in [5.74, 6) is 1.17. The standard InChI is InChI=1S/C19H27N3O4/c1-13(18(23)21-19(24)20-15-5-3-4-6-15)22(2)12-14-7-8-16-17(11-14)26-10-9-25-16/h7-8,11,13,15H,3-6,9-10,12H2,1-2H3,(H2,20,21,23,24). The van der Waals surface area contributed by atoms with Gasteiger partial charge in [0.2, 0.25) is 5.91 Å². The van der Waals surface area contributed by atoms with Gasteiger partial charge in [-0.25, -0.2) is 4.79 Å². The Morgan fingerprint density at radius 1 is 1.19 bits per heavy atom. The molecule has 2 N–H and O–H groups in total. The molecule has 142 valence electrons. The molecule has 0 bridgehead atoms. The van der Waals surface area contributed by atoms with E-state index in [1.165, 1.54) is 0 Å². The number of imide groups is 1. The summed E-state index contributed by atoms with van der Waals surface area (Å²) >= 11 is 0. The van der Waals surface area contributed by atoms with Crippen LogP contribution in [0, 0.1) is 0 Å². The normalized spacial score (nSPS) is 17.8. The quantitative estimate of drug-likeness (QED) is 0.839. The van der Waals surface area contributed by atoms with Crippen molar-refractivity contribution in [3.05, 3.63) is 23.8 Å². The van der Waals surface area contributed by atoms with Crippen LogP contribution in [0.5, 0.6) is 11.5 Å². The van der Waals surface area contributed by atoms with Crippen molar-refractivity contribution in [3.8, 4) is 11.5 Å². The Kier molecular flexibility index (Phi) is 5.98. The maximum atomic E-state index is 12.3. The van der Waals surface area contributed by atoms with Gasteiger partial charge < -0.3 is 14.8 Å². The summed E-state index contributed by atoms with van der Waals surface area (Å²) < 4.78 is 11.1. The van der Waals surface area contributed by atoms with Crippen molar-refractivity contribution in [1.82, 2.24) is 15.5 Å². The fourth-order valence-electron chi connectivity index (χ4n) is 3.32. The maximum absolute atomic E-state index is 12.3. The molecule has 7 nitrogen and oxygen atoms in total. The Balaban J connectivity index is 1.50. The number of likely N-dealkylation sites (N-methyl/N-ethyl adjacent to an activating group) is 1. The molecule has 7 heteroatoms. The van der Waals surface area contributed by atoms with Gasteiger partial charge in [0, 0.05) is 12.6 Å². The molecule has 1 aliphatic carbocycles. The van der Waals surface area contributed by atoms with Gasteiger partial charge >= 0.3 is 6.03 Å². The third-order valence-corrected chi connectivity index (χ3v) is 5.01. The molecule has 3 rings (SSSR count). The van der Waals surface area contributed by atoms with Gasteiger partial charge in [0.05, 0.1) is 6.04 Å². The zero-order chi connectivity index (χ0) is 18.5. The third-order valence-electron chi connectivity index (χ3n) is 5.01. The smallest absolute Gasteiger partial charge is 0.321 e. The van der Waals surface area contributed by atoms with Crippen molar-refractivity contribution in [1.29, 1.82) is 0 Å². The van der Waals surface area contributed by atoms with Crippen LogP contribution in [0.4, 0.5) is 4.79 Å². The van der Waals surface area contributed by atoms with E-state index < -0.39 is 12.1 Å². The van der Waals surface area contributed by atoms with Crippen molar-refractivity contribution in [2.75, 3.05) is 20.3 Å². The molecule has 1 saturated carbocycles. The number of carbonyl (C=O) groups is 2. The molecule has 0 aromatic heterocycles. The van der Waals surface area contributed by atoms with Crippen molar-refractivity contribution in [2.45, 2.75) is 51.2 Å². The Hall–Kier alpha value is -2.28. The summed E-state index contributed by atoms with van der Waals surface area (Å²) in [5.41, 5.74) is 1.02. The van der Waals surface area contributed by atoms with Crippen LogP contribution < -0.4 is 20.1 Å². The highest BCUT2D eigenvalue weighted by Crippen LogP contribution is 2.31. The molecule has 3 amide bonds. The van der Waals surface area contributed by atoms with Gasteiger partial charge in [-0.15, -0.1) is 0 Å². The van der Waals surface area contributed by atoms with Crippen LogP contribution in [-0.4, -0.2) is 49.2 Å². The predicted octanol–water partition coefficient (Wildman–Crippen LogP) is 2.05.